The fourth-order valence-corrected chi connectivity index (χ4v) is 3.41. The molecule has 5 rings (SSSR count). The Morgan fingerprint density at radius 1 is 1.19 bits per heavy atom. The molecule has 1 aliphatic heterocycles. The molecule has 0 spiro atoms. The first-order chi connectivity index (χ1) is 15.1. The van der Waals surface area contributed by atoms with Crippen LogP contribution in [0.3, 0.4) is 0 Å². The van der Waals surface area contributed by atoms with Gasteiger partial charge in [-0.3, -0.25) is 4.79 Å². The number of amides is 1. The summed E-state index contributed by atoms with van der Waals surface area (Å²) in [5, 5.41) is 7.27. The van der Waals surface area contributed by atoms with Gasteiger partial charge in [-0.2, -0.15) is 0 Å². The summed E-state index contributed by atoms with van der Waals surface area (Å²) in [5.74, 6) is 1.22. The largest absolute Gasteiger partial charge is 0.454 e. The summed E-state index contributed by atoms with van der Waals surface area (Å²) in [6.45, 7) is 1.99. The molecule has 0 aliphatic carbocycles. The normalized spacial score (nSPS) is 13.4. The van der Waals surface area contributed by atoms with Gasteiger partial charge in [0.05, 0.1) is 18.2 Å². The van der Waals surface area contributed by atoms with E-state index in [1.165, 1.54) is 16.9 Å². The summed E-state index contributed by atoms with van der Waals surface area (Å²) < 4.78 is 26.2. The molecule has 31 heavy (non-hydrogen) atoms. The summed E-state index contributed by atoms with van der Waals surface area (Å²) in [7, 11) is 0. The fourth-order valence-electron chi connectivity index (χ4n) is 3.41. The Bertz CT molecular complexity index is 1290. The van der Waals surface area contributed by atoms with Crippen molar-refractivity contribution in [1.29, 1.82) is 0 Å². The number of ether oxygens (including phenoxy) is 2. The van der Waals surface area contributed by atoms with Crippen molar-refractivity contribution in [2.24, 2.45) is 0 Å². The van der Waals surface area contributed by atoms with Crippen LogP contribution >= 0.6 is 0 Å². The van der Waals surface area contributed by atoms with Crippen LogP contribution in [-0.4, -0.2) is 32.3 Å². The minimum atomic E-state index is -0.418. The lowest BCUT2D eigenvalue weighted by atomic mass is 10.1. The molecule has 2 aromatic heterocycles. The van der Waals surface area contributed by atoms with E-state index in [1.54, 1.807) is 43.3 Å². The number of nitrogens with zero attached hydrogens (tertiary/aromatic N) is 4. The number of nitrogens with one attached hydrogen (secondary N) is 1. The van der Waals surface area contributed by atoms with E-state index in [4.69, 9.17) is 9.47 Å². The maximum absolute atomic E-state index is 14.1. The number of carbonyl (C=O) groups excluding carboxylic acids is 1. The van der Waals surface area contributed by atoms with Crippen molar-refractivity contribution < 1.29 is 18.7 Å². The van der Waals surface area contributed by atoms with Crippen LogP contribution in [0.2, 0.25) is 0 Å². The van der Waals surface area contributed by atoms with Crippen LogP contribution in [0.4, 0.5) is 4.39 Å². The Balaban J connectivity index is 1.31. The molecule has 0 radical (unpaired) electrons. The summed E-state index contributed by atoms with van der Waals surface area (Å²) in [4.78, 5) is 21.2. The van der Waals surface area contributed by atoms with E-state index in [9.17, 15) is 9.18 Å². The molecule has 0 bridgehead atoms. The number of halogens is 1. The van der Waals surface area contributed by atoms with Crippen LogP contribution in [0.15, 0.2) is 54.9 Å². The number of fused-ring (bicyclic) bond motifs is 2. The summed E-state index contributed by atoms with van der Waals surface area (Å²) in [6.07, 6.45) is 1.67. The number of rotatable bonds is 5. The zero-order valence-electron chi connectivity index (χ0n) is 16.6. The van der Waals surface area contributed by atoms with Crippen molar-refractivity contribution in [3.8, 4) is 22.8 Å². The van der Waals surface area contributed by atoms with Gasteiger partial charge in [-0.05, 0) is 36.8 Å². The Labute approximate surface area is 176 Å². The maximum Gasteiger partial charge on any atom is 0.231 e. The van der Waals surface area contributed by atoms with Crippen molar-refractivity contribution >= 4 is 11.6 Å². The molecule has 1 N–H and O–H groups in total. The van der Waals surface area contributed by atoms with E-state index in [0.717, 1.165) is 5.56 Å². The molecule has 156 valence electrons. The number of hydrogen-bond donors (Lipinski definition) is 1. The molecule has 0 saturated heterocycles. The van der Waals surface area contributed by atoms with E-state index >= 15 is 0 Å². The number of hydrogen-bond acceptors (Lipinski definition) is 6. The van der Waals surface area contributed by atoms with Gasteiger partial charge in [-0.15, -0.1) is 5.10 Å². The van der Waals surface area contributed by atoms with E-state index in [1.807, 2.05) is 6.07 Å². The molecule has 0 saturated carbocycles. The smallest absolute Gasteiger partial charge is 0.231 e. The Morgan fingerprint density at radius 3 is 2.90 bits per heavy atom. The van der Waals surface area contributed by atoms with Gasteiger partial charge in [0.1, 0.15) is 12.1 Å². The second-order valence-electron chi connectivity index (χ2n) is 7.18. The molecule has 4 aromatic rings. The topological polar surface area (TPSA) is 90.6 Å². The van der Waals surface area contributed by atoms with Crippen LogP contribution in [-0.2, 0) is 11.2 Å². The first-order valence-corrected chi connectivity index (χ1v) is 9.72. The Kier molecular flexibility index (Phi) is 4.70. The van der Waals surface area contributed by atoms with Crippen LogP contribution < -0.4 is 14.8 Å². The monoisotopic (exact) mass is 419 g/mol. The van der Waals surface area contributed by atoms with Gasteiger partial charge < -0.3 is 14.8 Å². The average molecular weight is 419 g/mol. The maximum atomic E-state index is 14.1. The molecular formula is C22H18FN5O3. The fraction of sp³-hybridized carbons (Fsp3) is 0.182. The van der Waals surface area contributed by atoms with E-state index in [0.29, 0.717) is 34.2 Å². The second-order valence-corrected chi connectivity index (χ2v) is 7.18. The van der Waals surface area contributed by atoms with Crippen molar-refractivity contribution in [1.82, 2.24) is 24.9 Å². The number of carbonyl (C=O) groups is 1. The highest BCUT2D eigenvalue weighted by Gasteiger charge is 2.18. The summed E-state index contributed by atoms with van der Waals surface area (Å²) in [6, 6.07) is 13.1. The molecular weight excluding hydrogens is 401 g/mol. The van der Waals surface area contributed by atoms with E-state index < -0.39 is 6.04 Å². The predicted molar refractivity (Wildman–Crippen MR) is 109 cm³/mol. The van der Waals surface area contributed by atoms with Crippen LogP contribution in [0, 0.1) is 5.82 Å². The zero-order valence-corrected chi connectivity index (χ0v) is 16.6. The van der Waals surface area contributed by atoms with Gasteiger partial charge in [0, 0.05) is 11.6 Å². The van der Waals surface area contributed by atoms with Crippen molar-refractivity contribution in [3.05, 3.63) is 72.1 Å². The molecule has 1 aliphatic rings. The van der Waals surface area contributed by atoms with Crippen LogP contribution in [0.5, 0.6) is 11.5 Å². The van der Waals surface area contributed by atoms with Crippen LogP contribution in [0.25, 0.3) is 16.9 Å². The number of aromatic nitrogens is 4. The van der Waals surface area contributed by atoms with Gasteiger partial charge in [0.25, 0.3) is 0 Å². The van der Waals surface area contributed by atoms with Gasteiger partial charge in [-0.1, -0.05) is 18.2 Å². The quantitative estimate of drug-likeness (QED) is 0.535. The highest BCUT2D eigenvalue weighted by Crippen LogP contribution is 2.32. The highest BCUT2D eigenvalue weighted by atomic mass is 19.1. The molecule has 8 nitrogen and oxygen atoms in total. The number of benzene rings is 2. The highest BCUT2D eigenvalue weighted by molar-refractivity contribution is 5.79. The third-order valence-corrected chi connectivity index (χ3v) is 4.96. The third kappa shape index (κ3) is 3.77. The van der Waals surface area contributed by atoms with Crippen molar-refractivity contribution in [2.45, 2.75) is 19.4 Å². The van der Waals surface area contributed by atoms with E-state index in [2.05, 4.69) is 20.4 Å². The standard InChI is InChI=1S/C22H18FN5O3/c1-13(25-21(29)9-14-6-7-18-19(8-14)31-12-30-18)22-26-20-10-17(24-11-28(20)27-22)15-4-2-3-5-16(15)23/h2-8,10-11,13H,9,12H2,1H3,(H,25,29)/t13-/m0/s1. The van der Waals surface area contributed by atoms with Gasteiger partial charge in [0.15, 0.2) is 23.0 Å². The van der Waals surface area contributed by atoms with E-state index in [-0.39, 0.29) is 24.9 Å². The molecule has 0 fully saturated rings. The molecule has 0 unspecified atom stereocenters. The zero-order chi connectivity index (χ0) is 21.4. The molecule has 2 aromatic carbocycles. The molecule has 1 atom stereocenters. The van der Waals surface area contributed by atoms with Gasteiger partial charge in [0.2, 0.25) is 12.7 Å². The van der Waals surface area contributed by atoms with Crippen molar-refractivity contribution in [3.63, 3.8) is 0 Å². The van der Waals surface area contributed by atoms with Gasteiger partial charge >= 0.3 is 0 Å². The minimum absolute atomic E-state index is 0.171. The van der Waals surface area contributed by atoms with Crippen LogP contribution in [0.1, 0.15) is 24.4 Å². The first kappa shape index (κ1) is 19.0. The lowest BCUT2D eigenvalue weighted by molar-refractivity contribution is -0.121. The Morgan fingerprint density at radius 2 is 2.03 bits per heavy atom. The lowest BCUT2D eigenvalue weighted by Crippen LogP contribution is -2.28. The van der Waals surface area contributed by atoms with Gasteiger partial charge in [-0.25, -0.2) is 18.9 Å². The summed E-state index contributed by atoms with van der Waals surface area (Å²) >= 11 is 0. The average Bonchev–Trinajstić information content (AvgIpc) is 3.40. The predicted octanol–water partition coefficient (Wildman–Crippen LogP) is 3.08. The van der Waals surface area contributed by atoms with Crippen molar-refractivity contribution in [2.75, 3.05) is 6.79 Å². The SMILES string of the molecule is C[C@H](NC(=O)Cc1ccc2c(c1)OCO2)c1nc2cc(-c3ccccc3F)ncn2n1. The first-order valence-electron chi connectivity index (χ1n) is 9.72. The minimum Gasteiger partial charge on any atom is -0.454 e. The molecule has 3 heterocycles. The molecule has 9 heteroatoms. The lowest BCUT2D eigenvalue weighted by Gasteiger charge is -2.10. The third-order valence-electron chi connectivity index (χ3n) is 4.96. The summed E-state index contributed by atoms with van der Waals surface area (Å²) in [5.41, 5.74) is 2.18. The molecule has 1 amide bonds. The Hall–Kier alpha value is -4.01. The second kappa shape index (κ2) is 7.67.